The Labute approximate surface area is 147 Å². The van der Waals surface area contributed by atoms with Crippen molar-refractivity contribution >= 4 is 17.6 Å². The molecule has 0 unspecified atom stereocenters. The molecule has 2 aromatic rings. The number of amides is 1. The van der Waals surface area contributed by atoms with Crippen LogP contribution in [0.4, 0.5) is 5.69 Å². The molecule has 0 atom stereocenters. The lowest BCUT2D eigenvalue weighted by Gasteiger charge is -2.10. The summed E-state index contributed by atoms with van der Waals surface area (Å²) in [6.45, 7) is 7.26. The van der Waals surface area contributed by atoms with Crippen molar-refractivity contribution in [1.29, 1.82) is 0 Å². The lowest BCUT2D eigenvalue weighted by Crippen LogP contribution is -2.37. The third kappa shape index (κ3) is 6.29. The molecule has 25 heavy (non-hydrogen) atoms. The molecule has 0 aliphatic heterocycles. The Kier molecular flexibility index (Phi) is 7.00. The predicted octanol–water partition coefficient (Wildman–Crippen LogP) is 2.49. The Hall–Kier alpha value is -2.83. The van der Waals surface area contributed by atoms with Crippen LogP contribution in [0.25, 0.3) is 0 Å². The van der Waals surface area contributed by atoms with E-state index in [4.69, 9.17) is 4.52 Å². The van der Waals surface area contributed by atoms with Gasteiger partial charge in [0.25, 0.3) is 0 Å². The molecule has 0 fully saturated rings. The zero-order chi connectivity index (χ0) is 18.1. The van der Waals surface area contributed by atoms with Gasteiger partial charge >= 0.3 is 0 Å². The van der Waals surface area contributed by atoms with Gasteiger partial charge in [-0.1, -0.05) is 37.2 Å². The van der Waals surface area contributed by atoms with Crippen LogP contribution in [0.15, 0.2) is 45.9 Å². The second-order valence-corrected chi connectivity index (χ2v) is 5.84. The third-order valence-corrected chi connectivity index (χ3v) is 3.38. The largest absolute Gasteiger partial charge is 0.359 e. The fraction of sp³-hybridized carbons (Fsp3) is 0.389. The van der Waals surface area contributed by atoms with Gasteiger partial charge in [0.15, 0.2) is 11.7 Å². The van der Waals surface area contributed by atoms with E-state index in [1.807, 2.05) is 43.3 Å². The molecular weight excluding hydrogens is 318 g/mol. The number of aliphatic imine (C=N–C) groups is 1. The Balaban J connectivity index is 1.87. The summed E-state index contributed by atoms with van der Waals surface area (Å²) in [5.74, 6) is 1.42. The number of hydrogen-bond donors (Lipinski definition) is 3. The van der Waals surface area contributed by atoms with Crippen LogP contribution in [0.5, 0.6) is 0 Å². The molecule has 134 valence electrons. The monoisotopic (exact) mass is 343 g/mol. The van der Waals surface area contributed by atoms with Crippen molar-refractivity contribution in [2.45, 2.75) is 33.2 Å². The molecule has 7 heteroatoms. The number of aromatic nitrogens is 1. The molecule has 0 saturated carbocycles. The first kappa shape index (κ1) is 18.5. The van der Waals surface area contributed by atoms with E-state index in [0.717, 1.165) is 17.1 Å². The standard InChI is InChI=1S/C18H25N5O2/c1-4-19-18(20-11-15-10-16(13(2)3)23-25-15)21-12-17(24)22-14-8-6-5-7-9-14/h5-10,13H,4,11-12H2,1-3H3,(H,22,24)(H2,19,20,21). The molecule has 0 bridgehead atoms. The summed E-state index contributed by atoms with van der Waals surface area (Å²) in [6.07, 6.45) is 0. The summed E-state index contributed by atoms with van der Waals surface area (Å²) >= 11 is 0. The molecule has 0 aliphatic rings. The minimum Gasteiger partial charge on any atom is -0.359 e. The van der Waals surface area contributed by atoms with E-state index >= 15 is 0 Å². The molecule has 1 aromatic carbocycles. The molecule has 0 radical (unpaired) electrons. The summed E-state index contributed by atoms with van der Waals surface area (Å²) in [6, 6.07) is 11.2. The van der Waals surface area contributed by atoms with Gasteiger partial charge in [0.1, 0.15) is 6.54 Å². The van der Waals surface area contributed by atoms with Crippen LogP contribution in [0, 0.1) is 0 Å². The molecule has 1 amide bonds. The predicted molar refractivity (Wildman–Crippen MR) is 98.5 cm³/mol. The van der Waals surface area contributed by atoms with Gasteiger partial charge < -0.3 is 20.5 Å². The first-order valence-electron chi connectivity index (χ1n) is 8.41. The maximum atomic E-state index is 12.0. The molecule has 7 nitrogen and oxygen atoms in total. The second kappa shape index (κ2) is 9.46. The lowest BCUT2D eigenvalue weighted by atomic mass is 10.1. The zero-order valence-corrected chi connectivity index (χ0v) is 14.9. The van der Waals surface area contributed by atoms with Gasteiger partial charge in [0.2, 0.25) is 5.91 Å². The number of hydrogen-bond acceptors (Lipinski definition) is 4. The normalized spacial score (nSPS) is 11.4. The van der Waals surface area contributed by atoms with Crippen molar-refractivity contribution in [2.24, 2.45) is 4.99 Å². The number of nitrogens with zero attached hydrogens (tertiary/aromatic N) is 2. The first-order chi connectivity index (χ1) is 12.1. The van der Waals surface area contributed by atoms with E-state index in [0.29, 0.717) is 25.0 Å². The number of nitrogens with one attached hydrogen (secondary N) is 3. The fourth-order valence-corrected chi connectivity index (χ4v) is 2.07. The molecular formula is C18H25N5O2. The summed E-state index contributed by atoms with van der Waals surface area (Å²) in [5.41, 5.74) is 1.67. The highest BCUT2D eigenvalue weighted by molar-refractivity contribution is 5.94. The Morgan fingerprint density at radius 2 is 2.00 bits per heavy atom. The van der Waals surface area contributed by atoms with Crippen molar-refractivity contribution in [3.05, 3.63) is 47.9 Å². The maximum Gasteiger partial charge on any atom is 0.246 e. The first-order valence-corrected chi connectivity index (χ1v) is 8.41. The van der Waals surface area contributed by atoms with Crippen molar-refractivity contribution in [2.75, 3.05) is 18.4 Å². The van der Waals surface area contributed by atoms with E-state index in [2.05, 4.69) is 39.9 Å². The number of carbonyl (C=O) groups is 1. The molecule has 0 saturated heterocycles. The van der Waals surface area contributed by atoms with Gasteiger partial charge in [-0.2, -0.15) is 0 Å². The van der Waals surface area contributed by atoms with Crippen molar-refractivity contribution in [3.63, 3.8) is 0 Å². The third-order valence-electron chi connectivity index (χ3n) is 3.38. The quantitative estimate of drug-likeness (QED) is 0.531. The molecule has 2 rings (SSSR count). The average Bonchev–Trinajstić information content (AvgIpc) is 3.07. The van der Waals surface area contributed by atoms with Gasteiger partial charge in [-0.3, -0.25) is 4.79 Å². The molecule has 0 aliphatic carbocycles. The van der Waals surface area contributed by atoms with Gasteiger partial charge in [-0.15, -0.1) is 0 Å². The molecule has 3 N–H and O–H groups in total. The van der Waals surface area contributed by atoms with Gasteiger partial charge in [0, 0.05) is 18.3 Å². The minimum absolute atomic E-state index is 0.0257. The van der Waals surface area contributed by atoms with E-state index in [9.17, 15) is 4.79 Å². The number of rotatable bonds is 7. The smallest absolute Gasteiger partial charge is 0.246 e. The lowest BCUT2D eigenvalue weighted by molar-refractivity contribution is -0.114. The summed E-state index contributed by atoms with van der Waals surface area (Å²) in [5, 5.41) is 13.1. The summed E-state index contributed by atoms with van der Waals surface area (Å²) in [4.78, 5) is 16.3. The number of anilines is 1. The number of para-hydroxylation sites is 1. The molecule has 1 heterocycles. The SMILES string of the molecule is CCNC(=NCC(=O)Nc1ccccc1)NCc1cc(C(C)C)no1. The van der Waals surface area contributed by atoms with Crippen LogP contribution in [0.2, 0.25) is 0 Å². The summed E-state index contributed by atoms with van der Waals surface area (Å²) in [7, 11) is 0. The van der Waals surface area contributed by atoms with Crippen LogP contribution in [-0.4, -0.2) is 30.1 Å². The Morgan fingerprint density at radius 3 is 2.64 bits per heavy atom. The van der Waals surface area contributed by atoms with Crippen LogP contribution in [0.1, 0.15) is 38.1 Å². The highest BCUT2D eigenvalue weighted by atomic mass is 16.5. The van der Waals surface area contributed by atoms with Crippen LogP contribution in [-0.2, 0) is 11.3 Å². The van der Waals surface area contributed by atoms with Gasteiger partial charge in [-0.05, 0) is 25.0 Å². The fourth-order valence-electron chi connectivity index (χ4n) is 2.07. The van der Waals surface area contributed by atoms with Gasteiger partial charge in [-0.25, -0.2) is 4.99 Å². The van der Waals surface area contributed by atoms with Crippen LogP contribution >= 0.6 is 0 Å². The summed E-state index contributed by atoms with van der Waals surface area (Å²) < 4.78 is 5.28. The highest BCUT2D eigenvalue weighted by Gasteiger charge is 2.08. The average molecular weight is 343 g/mol. The number of benzene rings is 1. The Morgan fingerprint density at radius 1 is 1.24 bits per heavy atom. The minimum atomic E-state index is -0.176. The molecule has 0 spiro atoms. The maximum absolute atomic E-state index is 12.0. The van der Waals surface area contributed by atoms with Crippen molar-refractivity contribution in [1.82, 2.24) is 15.8 Å². The van der Waals surface area contributed by atoms with Crippen LogP contribution < -0.4 is 16.0 Å². The number of carbonyl (C=O) groups excluding carboxylic acids is 1. The van der Waals surface area contributed by atoms with Gasteiger partial charge in [0.05, 0.1) is 12.2 Å². The van der Waals surface area contributed by atoms with Crippen molar-refractivity contribution < 1.29 is 9.32 Å². The van der Waals surface area contributed by atoms with E-state index in [-0.39, 0.29) is 12.5 Å². The Bertz CT molecular complexity index is 695. The number of guanidine groups is 1. The van der Waals surface area contributed by atoms with E-state index < -0.39 is 0 Å². The molecule has 1 aromatic heterocycles. The second-order valence-electron chi connectivity index (χ2n) is 5.84. The highest BCUT2D eigenvalue weighted by Crippen LogP contribution is 2.13. The van der Waals surface area contributed by atoms with Crippen LogP contribution in [0.3, 0.4) is 0 Å². The zero-order valence-electron chi connectivity index (χ0n) is 14.9. The van der Waals surface area contributed by atoms with E-state index in [1.54, 1.807) is 0 Å². The van der Waals surface area contributed by atoms with E-state index in [1.165, 1.54) is 0 Å². The topological polar surface area (TPSA) is 91.5 Å². The van der Waals surface area contributed by atoms with Crippen molar-refractivity contribution in [3.8, 4) is 0 Å².